The van der Waals surface area contributed by atoms with Crippen LogP contribution in [-0.4, -0.2) is 30.4 Å². The number of carbonyl (C=O) groups excluding carboxylic acids is 1. The molecular weight excluding hydrogens is 284 g/mol. The minimum absolute atomic E-state index is 0.278. The monoisotopic (exact) mass is 309 g/mol. The molecule has 0 aliphatic carbocycles. The van der Waals surface area contributed by atoms with Crippen LogP contribution in [0.1, 0.15) is 24.0 Å². The van der Waals surface area contributed by atoms with Crippen LogP contribution in [0, 0.1) is 0 Å². The molecule has 1 atom stereocenters. The summed E-state index contributed by atoms with van der Waals surface area (Å²) in [6, 6.07) is 21.8. The molecule has 1 unspecified atom stereocenters. The number of piperidine rings is 1. The number of hydrogen-bond donors (Lipinski definition) is 1. The van der Waals surface area contributed by atoms with E-state index < -0.39 is 0 Å². The molecule has 0 aromatic heterocycles. The molecule has 120 valence electrons. The number of likely N-dealkylation sites (tertiary alicyclic amines) is 1. The van der Waals surface area contributed by atoms with E-state index in [2.05, 4.69) is 60.7 Å². The Kier molecular flexibility index (Phi) is 5.09. The van der Waals surface area contributed by atoms with Crippen LogP contribution in [0.15, 0.2) is 60.7 Å². The third-order valence-corrected chi connectivity index (χ3v) is 4.75. The zero-order chi connectivity index (χ0) is 16.1. The minimum atomic E-state index is 0.278. The second kappa shape index (κ2) is 7.42. The van der Waals surface area contributed by atoms with E-state index in [-0.39, 0.29) is 5.91 Å². The highest BCUT2D eigenvalue weighted by Crippen LogP contribution is 2.09. The van der Waals surface area contributed by atoms with Gasteiger partial charge in [-0.15, -0.1) is 0 Å². The minimum Gasteiger partial charge on any atom is -0.340 e. The average molecular weight is 309 g/mol. The third kappa shape index (κ3) is 4.20. The molecule has 23 heavy (non-hydrogen) atoms. The number of nitrogens with one attached hydrogen (secondary N) is 1. The highest BCUT2D eigenvalue weighted by molar-refractivity contribution is 5.76. The van der Waals surface area contributed by atoms with Crippen molar-refractivity contribution in [3.8, 4) is 0 Å². The third-order valence-electron chi connectivity index (χ3n) is 4.75. The Balaban J connectivity index is 1.76. The second-order valence-corrected chi connectivity index (χ2v) is 6.49. The SMILES string of the molecule is CN1CC([NH+](Cc2ccccc2)Cc2ccccc2)CCC1=O. The fraction of sp³-hybridized carbons (Fsp3) is 0.350. The molecule has 0 spiro atoms. The number of hydrogen-bond acceptors (Lipinski definition) is 1. The average Bonchev–Trinajstić information content (AvgIpc) is 2.59. The van der Waals surface area contributed by atoms with Gasteiger partial charge >= 0.3 is 0 Å². The van der Waals surface area contributed by atoms with Crippen molar-refractivity contribution in [2.45, 2.75) is 32.0 Å². The van der Waals surface area contributed by atoms with Gasteiger partial charge < -0.3 is 9.80 Å². The molecule has 1 saturated heterocycles. The first-order valence-corrected chi connectivity index (χ1v) is 8.39. The lowest BCUT2D eigenvalue weighted by molar-refractivity contribution is -0.952. The Hall–Kier alpha value is -2.13. The Morgan fingerprint density at radius 3 is 1.96 bits per heavy atom. The van der Waals surface area contributed by atoms with Gasteiger partial charge in [0, 0.05) is 31.0 Å². The van der Waals surface area contributed by atoms with Gasteiger partial charge in [0.1, 0.15) is 19.1 Å². The van der Waals surface area contributed by atoms with Gasteiger partial charge in [-0.1, -0.05) is 60.7 Å². The van der Waals surface area contributed by atoms with E-state index in [0.29, 0.717) is 12.5 Å². The van der Waals surface area contributed by atoms with Gasteiger partial charge in [0.2, 0.25) is 5.91 Å². The first kappa shape index (κ1) is 15.8. The van der Waals surface area contributed by atoms with Crippen LogP contribution in [-0.2, 0) is 17.9 Å². The Morgan fingerprint density at radius 2 is 1.48 bits per heavy atom. The van der Waals surface area contributed by atoms with Crippen LogP contribution in [0.25, 0.3) is 0 Å². The Labute approximate surface area is 138 Å². The number of rotatable bonds is 5. The first-order chi connectivity index (χ1) is 11.2. The Bertz CT molecular complexity index is 585. The molecule has 1 aliphatic rings. The molecule has 3 nitrogen and oxygen atoms in total. The van der Waals surface area contributed by atoms with E-state index in [1.165, 1.54) is 11.1 Å². The molecule has 0 radical (unpaired) electrons. The van der Waals surface area contributed by atoms with Crippen molar-refractivity contribution in [2.24, 2.45) is 0 Å². The zero-order valence-corrected chi connectivity index (χ0v) is 13.7. The predicted molar refractivity (Wildman–Crippen MR) is 91.9 cm³/mol. The number of nitrogens with zero attached hydrogens (tertiary/aromatic N) is 1. The van der Waals surface area contributed by atoms with E-state index >= 15 is 0 Å². The molecule has 1 aliphatic heterocycles. The van der Waals surface area contributed by atoms with Gasteiger partial charge in [0.05, 0.1) is 6.54 Å². The molecule has 2 aromatic rings. The van der Waals surface area contributed by atoms with Crippen molar-refractivity contribution < 1.29 is 9.69 Å². The molecular formula is C20H25N2O+. The van der Waals surface area contributed by atoms with E-state index in [4.69, 9.17) is 0 Å². The fourth-order valence-electron chi connectivity index (χ4n) is 3.41. The lowest BCUT2D eigenvalue weighted by Gasteiger charge is -2.35. The standard InChI is InChI=1S/C20H24N2O/c1-21-16-19(12-13-20(21)23)22(14-17-8-4-2-5-9-17)15-18-10-6-3-7-11-18/h2-11,19H,12-16H2,1H3/p+1. The van der Waals surface area contributed by atoms with Crippen LogP contribution in [0.4, 0.5) is 0 Å². The summed E-state index contributed by atoms with van der Waals surface area (Å²) < 4.78 is 0. The maximum Gasteiger partial charge on any atom is 0.222 e. The summed E-state index contributed by atoms with van der Waals surface area (Å²) in [5, 5.41) is 0. The van der Waals surface area contributed by atoms with Crippen LogP contribution in [0.3, 0.4) is 0 Å². The summed E-state index contributed by atoms with van der Waals surface area (Å²) in [6.45, 7) is 2.86. The van der Waals surface area contributed by atoms with Crippen molar-refractivity contribution in [2.75, 3.05) is 13.6 Å². The smallest absolute Gasteiger partial charge is 0.222 e. The van der Waals surface area contributed by atoms with Gasteiger partial charge in [0.15, 0.2) is 0 Å². The van der Waals surface area contributed by atoms with E-state index in [1.807, 2.05) is 11.9 Å². The number of likely N-dealkylation sites (N-methyl/N-ethyl adjacent to an activating group) is 1. The van der Waals surface area contributed by atoms with Gasteiger partial charge in [-0.3, -0.25) is 4.79 Å². The van der Waals surface area contributed by atoms with Crippen LogP contribution in [0.5, 0.6) is 0 Å². The maximum atomic E-state index is 11.8. The lowest BCUT2D eigenvalue weighted by atomic mass is 10.0. The molecule has 3 rings (SSSR count). The van der Waals surface area contributed by atoms with Gasteiger partial charge in [-0.2, -0.15) is 0 Å². The Morgan fingerprint density at radius 1 is 0.957 bits per heavy atom. The molecule has 1 heterocycles. The van der Waals surface area contributed by atoms with Crippen molar-refractivity contribution in [3.63, 3.8) is 0 Å². The van der Waals surface area contributed by atoms with E-state index in [0.717, 1.165) is 26.1 Å². The number of quaternary nitrogens is 1. The van der Waals surface area contributed by atoms with Crippen molar-refractivity contribution in [1.29, 1.82) is 0 Å². The number of benzene rings is 2. The number of amides is 1. The van der Waals surface area contributed by atoms with Crippen molar-refractivity contribution in [3.05, 3.63) is 71.8 Å². The van der Waals surface area contributed by atoms with Gasteiger partial charge in [-0.05, 0) is 0 Å². The van der Waals surface area contributed by atoms with Crippen LogP contribution in [0.2, 0.25) is 0 Å². The second-order valence-electron chi connectivity index (χ2n) is 6.49. The van der Waals surface area contributed by atoms with Crippen molar-refractivity contribution >= 4 is 5.91 Å². The summed E-state index contributed by atoms with van der Waals surface area (Å²) in [7, 11) is 1.93. The van der Waals surface area contributed by atoms with E-state index in [1.54, 1.807) is 4.90 Å². The summed E-state index contributed by atoms with van der Waals surface area (Å²) in [6.07, 6.45) is 1.66. The molecule has 1 amide bonds. The van der Waals surface area contributed by atoms with E-state index in [9.17, 15) is 4.79 Å². The molecule has 0 saturated carbocycles. The van der Waals surface area contributed by atoms with Gasteiger partial charge in [0.25, 0.3) is 0 Å². The number of carbonyl (C=O) groups is 1. The molecule has 0 bridgehead atoms. The molecule has 3 heteroatoms. The summed E-state index contributed by atoms with van der Waals surface area (Å²) in [5.41, 5.74) is 2.72. The van der Waals surface area contributed by atoms with Gasteiger partial charge in [-0.25, -0.2) is 0 Å². The normalized spacial score (nSPS) is 18.4. The summed E-state index contributed by atoms with van der Waals surface area (Å²) in [4.78, 5) is 15.2. The maximum absolute atomic E-state index is 11.8. The highest BCUT2D eigenvalue weighted by atomic mass is 16.2. The highest BCUT2D eigenvalue weighted by Gasteiger charge is 2.30. The van der Waals surface area contributed by atoms with Crippen LogP contribution >= 0.6 is 0 Å². The molecule has 2 aromatic carbocycles. The topological polar surface area (TPSA) is 24.8 Å². The quantitative estimate of drug-likeness (QED) is 0.896. The lowest BCUT2D eigenvalue weighted by Crippen LogP contribution is -3.14. The van der Waals surface area contributed by atoms with Crippen LogP contribution < -0.4 is 4.90 Å². The first-order valence-electron chi connectivity index (χ1n) is 8.39. The zero-order valence-electron chi connectivity index (χ0n) is 13.7. The predicted octanol–water partition coefficient (Wildman–Crippen LogP) is 1.89. The molecule has 1 N–H and O–H groups in total. The summed E-state index contributed by atoms with van der Waals surface area (Å²) in [5.74, 6) is 0.278. The fourth-order valence-corrected chi connectivity index (χ4v) is 3.41. The van der Waals surface area contributed by atoms with Crippen molar-refractivity contribution in [1.82, 2.24) is 4.90 Å². The summed E-state index contributed by atoms with van der Waals surface area (Å²) >= 11 is 0. The molecule has 1 fully saturated rings. The largest absolute Gasteiger partial charge is 0.340 e.